The minimum Gasteiger partial charge on any atom is -0.316 e. The van der Waals surface area contributed by atoms with Crippen LogP contribution < -0.4 is 5.32 Å². The molecule has 0 radical (unpaired) electrons. The van der Waals surface area contributed by atoms with Crippen molar-refractivity contribution in [1.82, 2.24) is 14.6 Å². The Morgan fingerprint density at radius 3 is 2.76 bits per heavy atom. The maximum absolute atomic E-state index is 13.3. The summed E-state index contributed by atoms with van der Waals surface area (Å²) in [6.07, 6.45) is 6.14. The summed E-state index contributed by atoms with van der Waals surface area (Å²) in [7, 11) is -3.66. The normalized spacial score (nSPS) is 23.4. The molecule has 1 aromatic rings. The van der Waals surface area contributed by atoms with E-state index in [0.29, 0.717) is 12.5 Å². The highest BCUT2D eigenvalue weighted by Gasteiger charge is 2.39. The van der Waals surface area contributed by atoms with Gasteiger partial charge in [-0.3, -0.25) is 4.98 Å². The number of hydrogen-bond donors (Lipinski definition) is 1. The van der Waals surface area contributed by atoms with E-state index < -0.39 is 15.8 Å². The summed E-state index contributed by atoms with van der Waals surface area (Å²) in [6, 6.07) is 1.12. The highest BCUT2D eigenvalue weighted by Crippen LogP contribution is 2.33. The van der Waals surface area contributed by atoms with Crippen molar-refractivity contribution in [2.45, 2.75) is 36.6 Å². The summed E-state index contributed by atoms with van der Waals surface area (Å²) in [6.45, 7) is 2.36. The zero-order valence-electron chi connectivity index (χ0n) is 11.8. The zero-order chi connectivity index (χ0) is 14.9. The van der Waals surface area contributed by atoms with Gasteiger partial charge >= 0.3 is 0 Å². The minimum atomic E-state index is -3.66. The van der Waals surface area contributed by atoms with E-state index in [2.05, 4.69) is 10.3 Å². The topological polar surface area (TPSA) is 62.3 Å². The van der Waals surface area contributed by atoms with Gasteiger partial charge in [0.1, 0.15) is 10.7 Å². The highest BCUT2D eigenvalue weighted by atomic mass is 32.2. The molecule has 2 fully saturated rings. The molecule has 1 saturated heterocycles. The molecule has 7 heteroatoms. The van der Waals surface area contributed by atoms with E-state index in [-0.39, 0.29) is 10.9 Å². The summed E-state index contributed by atoms with van der Waals surface area (Å²) in [5, 5.41) is 3.31. The number of aromatic nitrogens is 1. The molecule has 0 amide bonds. The molecule has 2 aliphatic rings. The van der Waals surface area contributed by atoms with Gasteiger partial charge in [-0.1, -0.05) is 0 Å². The van der Waals surface area contributed by atoms with Crippen LogP contribution in [0.4, 0.5) is 4.39 Å². The molecular weight excluding hydrogens is 293 g/mol. The molecule has 2 heterocycles. The molecule has 0 spiro atoms. The maximum Gasteiger partial charge on any atom is 0.244 e. The fourth-order valence-electron chi connectivity index (χ4n) is 2.81. The van der Waals surface area contributed by atoms with E-state index in [1.165, 1.54) is 6.20 Å². The van der Waals surface area contributed by atoms with E-state index in [9.17, 15) is 12.8 Å². The molecule has 1 saturated carbocycles. The number of rotatable bonds is 5. The molecule has 0 bridgehead atoms. The van der Waals surface area contributed by atoms with Gasteiger partial charge in [-0.05, 0) is 50.8 Å². The van der Waals surface area contributed by atoms with Crippen LogP contribution in [0.25, 0.3) is 0 Å². The van der Waals surface area contributed by atoms with Gasteiger partial charge < -0.3 is 5.32 Å². The van der Waals surface area contributed by atoms with E-state index in [1.807, 2.05) is 0 Å². The van der Waals surface area contributed by atoms with Crippen LogP contribution in [-0.2, 0) is 10.0 Å². The maximum atomic E-state index is 13.3. The molecule has 1 aliphatic carbocycles. The number of nitrogens with zero attached hydrogens (tertiary/aromatic N) is 2. The third-order valence-corrected chi connectivity index (χ3v) is 5.96. The van der Waals surface area contributed by atoms with Gasteiger partial charge in [-0.25, -0.2) is 12.8 Å². The van der Waals surface area contributed by atoms with Crippen LogP contribution in [0.3, 0.4) is 0 Å². The molecular formula is C14H20FN3O2S. The lowest BCUT2D eigenvalue weighted by molar-refractivity contribution is 0.286. The van der Waals surface area contributed by atoms with Gasteiger partial charge in [0.2, 0.25) is 10.0 Å². The van der Waals surface area contributed by atoms with Crippen LogP contribution in [0, 0.1) is 11.7 Å². The summed E-state index contributed by atoms with van der Waals surface area (Å²) in [5.41, 5.74) is 0. The Labute approximate surface area is 124 Å². The van der Waals surface area contributed by atoms with Crippen LogP contribution in [0.5, 0.6) is 0 Å². The van der Waals surface area contributed by atoms with Crippen LogP contribution in [0.1, 0.15) is 25.7 Å². The summed E-state index contributed by atoms with van der Waals surface area (Å²) in [5.74, 6) is -0.290. The van der Waals surface area contributed by atoms with Crippen LogP contribution in [0.2, 0.25) is 0 Å². The van der Waals surface area contributed by atoms with Crippen LogP contribution in [-0.4, -0.2) is 43.4 Å². The summed E-state index contributed by atoms with van der Waals surface area (Å²) in [4.78, 5) is 3.62. The second-order valence-corrected chi connectivity index (χ2v) is 7.75. The average molecular weight is 313 g/mol. The smallest absolute Gasteiger partial charge is 0.244 e. The van der Waals surface area contributed by atoms with Crippen LogP contribution in [0.15, 0.2) is 23.4 Å². The molecule has 1 unspecified atom stereocenters. The Hall–Kier alpha value is -1.05. The van der Waals surface area contributed by atoms with Gasteiger partial charge in [0.15, 0.2) is 0 Å². The highest BCUT2D eigenvalue weighted by molar-refractivity contribution is 7.89. The molecule has 1 atom stereocenters. The Kier molecular flexibility index (Phi) is 4.24. The van der Waals surface area contributed by atoms with E-state index in [4.69, 9.17) is 0 Å². The Balaban J connectivity index is 1.82. The van der Waals surface area contributed by atoms with Gasteiger partial charge in [-0.2, -0.15) is 4.31 Å². The number of hydrogen-bond acceptors (Lipinski definition) is 4. The lowest BCUT2D eigenvalue weighted by Crippen LogP contribution is -2.42. The first-order valence-corrected chi connectivity index (χ1v) is 8.84. The minimum absolute atomic E-state index is 0.0434. The van der Waals surface area contributed by atoms with Crippen molar-refractivity contribution >= 4 is 10.0 Å². The number of nitrogens with one attached hydrogen (secondary N) is 1. The number of piperidine rings is 1. The fraction of sp³-hybridized carbons (Fsp3) is 0.643. The molecule has 1 N–H and O–H groups in total. The lowest BCUT2D eigenvalue weighted by Gasteiger charge is -2.29. The predicted octanol–water partition coefficient (Wildman–Crippen LogP) is 1.37. The van der Waals surface area contributed by atoms with Crippen molar-refractivity contribution in [3.05, 3.63) is 24.3 Å². The molecule has 1 aliphatic heterocycles. The van der Waals surface area contributed by atoms with Crippen molar-refractivity contribution < 1.29 is 12.8 Å². The molecule has 5 nitrogen and oxygen atoms in total. The quantitative estimate of drug-likeness (QED) is 0.892. The average Bonchev–Trinajstić information content (AvgIpc) is 3.30. The predicted molar refractivity (Wildman–Crippen MR) is 76.7 cm³/mol. The second kappa shape index (κ2) is 5.98. The monoisotopic (exact) mass is 313 g/mol. The Morgan fingerprint density at radius 1 is 1.33 bits per heavy atom. The Bertz CT molecular complexity index is 598. The molecule has 21 heavy (non-hydrogen) atoms. The van der Waals surface area contributed by atoms with E-state index in [1.54, 1.807) is 4.31 Å². The number of halogens is 1. The fourth-order valence-corrected chi connectivity index (χ4v) is 4.55. The third kappa shape index (κ3) is 3.41. The molecule has 3 rings (SSSR count). The lowest BCUT2D eigenvalue weighted by atomic mass is 10.00. The molecule has 116 valence electrons. The summed E-state index contributed by atoms with van der Waals surface area (Å²) >= 11 is 0. The van der Waals surface area contributed by atoms with Crippen molar-refractivity contribution in [2.24, 2.45) is 5.92 Å². The van der Waals surface area contributed by atoms with Crippen molar-refractivity contribution in [3.8, 4) is 0 Å². The Morgan fingerprint density at radius 2 is 2.14 bits per heavy atom. The van der Waals surface area contributed by atoms with Crippen molar-refractivity contribution in [3.63, 3.8) is 0 Å². The SMILES string of the molecule is O=S(=O)(c1cncc(F)c1)N(CC1CCCNC1)C1CC1. The van der Waals surface area contributed by atoms with Crippen molar-refractivity contribution in [2.75, 3.05) is 19.6 Å². The standard InChI is InChI=1S/C14H20FN3O2S/c15-12-6-14(9-17-8-12)21(19,20)18(13-3-4-13)10-11-2-1-5-16-7-11/h6,8-9,11,13,16H,1-5,7,10H2. The number of pyridine rings is 1. The second-order valence-electron chi connectivity index (χ2n) is 5.86. The largest absolute Gasteiger partial charge is 0.316 e. The van der Waals surface area contributed by atoms with Gasteiger partial charge in [0, 0.05) is 18.8 Å². The van der Waals surface area contributed by atoms with Crippen LogP contribution >= 0.6 is 0 Å². The van der Waals surface area contributed by atoms with E-state index in [0.717, 1.165) is 51.0 Å². The van der Waals surface area contributed by atoms with E-state index >= 15 is 0 Å². The molecule has 0 aromatic carbocycles. The summed E-state index contributed by atoms with van der Waals surface area (Å²) < 4.78 is 40.3. The first kappa shape index (κ1) is 14.9. The third-order valence-electron chi connectivity index (χ3n) is 4.08. The van der Waals surface area contributed by atoms with Gasteiger partial charge in [0.25, 0.3) is 0 Å². The molecule has 1 aromatic heterocycles. The van der Waals surface area contributed by atoms with Gasteiger partial charge in [0.05, 0.1) is 6.20 Å². The first-order valence-electron chi connectivity index (χ1n) is 7.40. The zero-order valence-corrected chi connectivity index (χ0v) is 12.7. The first-order chi connectivity index (χ1) is 10.1. The van der Waals surface area contributed by atoms with Gasteiger partial charge in [-0.15, -0.1) is 0 Å². The van der Waals surface area contributed by atoms with Crippen molar-refractivity contribution in [1.29, 1.82) is 0 Å². The number of sulfonamides is 1.